The first kappa shape index (κ1) is 19.3. The highest BCUT2D eigenvalue weighted by atomic mass is 35.5. The lowest BCUT2D eigenvalue weighted by molar-refractivity contribution is -0.122. The van der Waals surface area contributed by atoms with E-state index in [1.54, 1.807) is 12.1 Å². The van der Waals surface area contributed by atoms with Crippen LogP contribution in [-0.2, 0) is 14.8 Å². The van der Waals surface area contributed by atoms with Crippen LogP contribution in [0.25, 0.3) is 0 Å². The average molecular weight is 408 g/mol. The molecule has 1 aliphatic heterocycles. The van der Waals surface area contributed by atoms with Gasteiger partial charge in [-0.1, -0.05) is 23.7 Å². The van der Waals surface area contributed by atoms with Crippen molar-refractivity contribution in [3.05, 3.63) is 58.6 Å². The largest absolute Gasteiger partial charge is 0.354 e. The number of hydrogen-bond donors (Lipinski definition) is 2. The Bertz CT molecular complexity index is 1010. The first-order chi connectivity index (χ1) is 12.8. The molecule has 0 saturated carbocycles. The van der Waals surface area contributed by atoms with Gasteiger partial charge in [0.2, 0.25) is 15.9 Å². The van der Waals surface area contributed by atoms with E-state index in [2.05, 4.69) is 10.6 Å². The number of anilines is 1. The van der Waals surface area contributed by atoms with Gasteiger partial charge in [0.05, 0.1) is 22.2 Å². The SMILES string of the molecule is Cc1ccc(NC(=O)c2cccc(S(=O)(=O)N3CCNC(=O)C3)c2)c(Cl)c1. The van der Waals surface area contributed by atoms with Gasteiger partial charge in [0.15, 0.2) is 0 Å². The molecule has 3 rings (SSSR count). The fourth-order valence-electron chi connectivity index (χ4n) is 2.68. The maximum Gasteiger partial charge on any atom is 0.255 e. The summed E-state index contributed by atoms with van der Waals surface area (Å²) in [6.45, 7) is 2.08. The Labute approximate surface area is 162 Å². The van der Waals surface area contributed by atoms with E-state index >= 15 is 0 Å². The number of aryl methyl sites for hydroxylation is 1. The maximum atomic E-state index is 12.8. The minimum absolute atomic E-state index is 0.0418. The number of sulfonamides is 1. The number of carbonyl (C=O) groups is 2. The van der Waals surface area contributed by atoms with Crippen molar-refractivity contribution in [3.8, 4) is 0 Å². The second-order valence-corrected chi connectivity index (χ2v) is 8.50. The van der Waals surface area contributed by atoms with Crippen molar-refractivity contribution in [3.63, 3.8) is 0 Å². The van der Waals surface area contributed by atoms with Crippen LogP contribution in [0.5, 0.6) is 0 Å². The summed E-state index contributed by atoms with van der Waals surface area (Å²) < 4.78 is 26.6. The second kappa shape index (κ2) is 7.67. The highest BCUT2D eigenvalue weighted by Crippen LogP contribution is 2.24. The molecule has 1 fully saturated rings. The van der Waals surface area contributed by atoms with E-state index in [9.17, 15) is 18.0 Å². The predicted octanol–water partition coefficient (Wildman–Crippen LogP) is 2.02. The Morgan fingerprint density at radius 2 is 2.00 bits per heavy atom. The Balaban J connectivity index is 1.84. The third-order valence-electron chi connectivity index (χ3n) is 4.11. The lowest BCUT2D eigenvalue weighted by Crippen LogP contribution is -2.49. The van der Waals surface area contributed by atoms with Crippen LogP contribution in [0, 0.1) is 6.92 Å². The normalized spacial score (nSPS) is 15.3. The molecule has 1 saturated heterocycles. The summed E-state index contributed by atoms with van der Waals surface area (Å²) in [6, 6.07) is 10.9. The first-order valence-electron chi connectivity index (χ1n) is 8.22. The summed E-state index contributed by atoms with van der Waals surface area (Å²) in [6.07, 6.45) is 0. The minimum atomic E-state index is -3.87. The van der Waals surface area contributed by atoms with E-state index in [0.717, 1.165) is 9.87 Å². The van der Waals surface area contributed by atoms with Crippen LogP contribution in [0.1, 0.15) is 15.9 Å². The highest BCUT2D eigenvalue weighted by molar-refractivity contribution is 7.89. The molecule has 2 aromatic rings. The van der Waals surface area contributed by atoms with Crippen LogP contribution in [-0.4, -0.2) is 44.2 Å². The number of carbonyl (C=O) groups excluding carboxylic acids is 2. The number of nitrogens with one attached hydrogen (secondary N) is 2. The molecular formula is C18H18ClN3O4S. The van der Waals surface area contributed by atoms with Gasteiger partial charge in [-0.25, -0.2) is 8.42 Å². The van der Waals surface area contributed by atoms with E-state index in [1.165, 1.54) is 24.3 Å². The quantitative estimate of drug-likeness (QED) is 0.810. The number of nitrogens with zero attached hydrogens (tertiary/aromatic N) is 1. The maximum absolute atomic E-state index is 12.8. The summed E-state index contributed by atoms with van der Waals surface area (Å²) in [5, 5.41) is 5.65. The number of benzene rings is 2. The second-order valence-electron chi connectivity index (χ2n) is 6.15. The Hall–Kier alpha value is -2.42. The summed E-state index contributed by atoms with van der Waals surface area (Å²) in [5.41, 5.74) is 1.57. The van der Waals surface area contributed by atoms with Gasteiger partial charge in [0, 0.05) is 18.7 Å². The zero-order valence-electron chi connectivity index (χ0n) is 14.5. The van der Waals surface area contributed by atoms with Gasteiger partial charge in [-0.3, -0.25) is 9.59 Å². The summed E-state index contributed by atoms with van der Waals surface area (Å²) in [7, 11) is -3.87. The molecule has 2 N–H and O–H groups in total. The summed E-state index contributed by atoms with van der Waals surface area (Å²) >= 11 is 6.13. The summed E-state index contributed by atoms with van der Waals surface area (Å²) in [5.74, 6) is -0.832. The van der Waals surface area contributed by atoms with E-state index in [0.29, 0.717) is 10.7 Å². The van der Waals surface area contributed by atoms with Gasteiger partial charge in [-0.2, -0.15) is 4.31 Å². The number of piperazine rings is 1. The predicted molar refractivity (Wildman–Crippen MR) is 102 cm³/mol. The molecule has 27 heavy (non-hydrogen) atoms. The zero-order valence-corrected chi connectivity index (χ0v) is 16.1. The molecule has 0 atom stereocenters. The van der Waals surface area contributed by atoms with Gasteiger partial charge in [0.25, 0.3) is 5.91 Å². The monoisotopic (exact) mass is 407 g/mol. The van der Waals surface area contributed by atoms with Crippen molar-refractivity contribution in [2.45, 2.75) is 11.8 Å². The minimum Gasteiger partial charge on any atom is -0.354 e. The lowest BCUT2D eigenvalue weighted by Gasteiger charge is -2.26. The molecule has 1 aliphatic rings. The van der Waals surface area contributed by atoms with Crippen LogP contribution in [0.2, 0.25) is 5.02 Å². The zero-order chi connectivity index (χ0) is 19.6. The Morgan fingerprint density at radius 1 is 1.22 bits per heavy atom. The highest BCUT2D eigenvalue weighted by Gasteiger charge is 2.29. The van der Waals surface area contributed by atoms with E-state index in [1.807, 2.05) is 13.0 Å². The molecule has 0 unspecified atom stereocenters. The topological polar surface area (TPSA) is 95.6 Å². The first-order valence-corrected chi connectivity index (χ1v) is 10.0. The van der Waals surface area contributed by atoms with Crippen molar-refractivity contribution >= 4 is 39.1 Å². The molecule has 0 spiro atoms. The number of hydrogen-bond acceptors (Lipinski definition) is 4. The molecule has 2 amide bonds. The molecule has 1 heterocycles. The molecule has 7 nitrogen and oxygen atoms in total. The number of rotatable bonds is 4. The van der Waals surface area contributed by atoms with Crippen molar-refractivity contribution in [2.75, 3.05) is 25.0 Å². The van der Waals surface area contributed by atoms with Crippen molar-refractivity contribution < 1.29 is 18.0 Å². The van der Waals surface area contributed by atoms with Gasteiger partial charge in [-0.05, 0) is 42.8 Å². The van der Waals surface area contributed by atoms with Crippen molar-refractivity contribution in [1.29, 1.82) is 0 Å². The van der Waals surface area contributed by atoms with Gasteiger partial charge >= 0.3 is 0 Å². The van der Waals surface area contributed by atoms with Crippen LogP contribution < -0.4 is 10.6 Å². The van der Waals surface area contributed by atoms with Crippen molar-refractivity contribution in [1.82, 2.24) is 9.62 Å². The number of halogens is 1. The molecule has 142 valence electrons. The molecule has 0 radical (unpaired) electrons. The van der Waals surface area contributed by atoms with E-state index < -0.39 is 15.9 Å². The third kappa shape index (κ3) is 4.29. The van der Waals surface area contributed by atoms with Crippen molar-refractivity contribution in [2.24, 2.45) is 0 Å². The number of amides is 2. The van der Waals surface area contributed by atoms with Gasteiger partial charge in [-0.15, -0.1) is 0 Å². The van der Waals surface area contributed by atoms with Crippen LogP contribution >= 0.6 is 11.6 Å². The standard InChI is InChI=1S/C18H18ClN3O4S/c1-12-5-6-16(15(19)9-12)21-18(24)13-3-2-4-14(10-13)27(25,26)22-8-7-20-17(23)11-22/h2-6,9-10H,7-8,11H2,1H3,(H,20,23)(H,21,24). The molecule has 0 aromatic heterocycles. The summed E-state index contributed by atoms with van der Waals surface area (Å²) in [4.78, 5) is 24.0. The molecule has 0 aliphatic carbocycles. The smallest absolute Gasteiger partial charge is 0.255 e. The molecule has 0 bridgehead atoms. The third-order valence-corrected chi connectivity index (χ3v) is 6.26. The fourth-order valence-corrected chi connectivity index (χ4v) is 4.41. The van der Waals surface area contributed by atoms with E-state index in [-0.39, 0.29) is 36.0 Å². The Morgan fingerprint density at radius 3 is 2.70 bits per heavy atom. The van der Waals surface area contributed by atoms with Crippen LogP contribution in [0.3, 0.4) is 0 Å². The average Bonchev–Trinajstić information content (AvgIpc) is 2.64. The van der Waals surface area contributed by atoms with Crippen LogP contribution in [0.15, 0.2) is 47.4 Å². The Kier molecular flexibility index (Phi) is 5.50. The molecule has 9 heteroatoms. The van der Waals surface area contributed by atoms with Gasteiger partial charge < -0.3 is 10.6 Å². The molecule has 2 aromatic carbocycles. The van der Waals surface area contributed by atoms with Gasteiger partial charge in [0.1, 0.15) is 0 Å². The lowest BCUT2D eigenvalue weighted by atomic mass is 10.2. The molecular weight excluding hydrogens is 390 g/mol. The van der Waals surface area contributed by atoms with E-state index in [4.69, 9.17) is 11.6 Å². The fraction of sp³-hybridized carbons (Fsp3) is 0.222. The van der Waals surface area contributed by atoms with Crippen LogP contribution in [0.4, 0.5) is 5.69 Å².